The van der Waals surface area contributed by atoms with E-state index in [0.717, 1.165) is 6.20 Å². The molecule has 0 fully saturated rings. The van der Waals surface area contributed by atoms with Crippen molar-refractivity contribution in [3.05, 3.63) is 22.4 Å². The third-order valence-electron chi connectivity index (χ3n) is 1.58. The molecule has 0 bridgehead atoms. The lowest BCUT2D eigenvalue weighted by atomic mass is 10.3. The van der Waals surface area contributed by atoms with E-state index in [9.17, 15) is 14.4 Å². The molecule has 1 rings (SSSR count). The number of aliphatic carboxylic acids is 1. The molecular formula is C7H9N3O5. The maximum absolute atomic E-state index is 11.2. The van der Waals surface area contributed by atoms with Gasteiger partial charge in [-0.3, -0.25) is 4.79 Å². The number of aromatic amines is 2. The van der Waals surface area contributed by atoms with E-state index in [1.807, 2.05) is 0 Å². The second-order valence-electron chi connectivity index (χ2n) is 2.72. The van der Waals surface area contributed by atoms with Gasteiger partial charge in [0.1, 0.15) is 5.69 Å². The number of nitrogens with one attached hydrogen (secondary N) is 3. The number of aliphatic hydroxyl groups is 1. The standard InChI is InChI=1S/C7H9N3O5/c11-4(6(13)14)2-8-5(12)3-1-9-7(15)10-3/h1,4,11H,2H2,(H,8,12)(H,13,14)(H2,9,10,15). The summed E-state index contributed by atoms with van der Waals surface area (Å²) < 4.78 is 0. The number of aromatic nitrogens is 2. The zero-order valence-corrected chi connectivity index (χ0v) is 7.48. The van der Waals surface area contributed by atoms with Crippen LogP contribution in [-0.4, -0.2) is 44.7 Å². The fourth-order valence-corrected chi connectivity index (χ4v) is 0.826. The molecule has 82 valence electrons. The topological polar surface area (TPSA) is 135 Å². The molecule has 5 N–H and O–H groups in total. The zero-order chi connectivity index (χ0) is 11.4. The molecule has 15 heavy (non-hydrogen) atoms. The first-order chi connectivity index (χ1) is 7.00. The van der Waals surface area contributed by atoms with Crippen LogP contribution >= 0.6 is 0 Å². The van der Waals surface area contributed by atoms with E-state index in [1.165, 1.54) is 0 Å². The van der Waals surface area contributed by atoms with Crippen LogP contribution in [0.3, 0.4) is 0 Å². The van der Waals surface area contributed by atoms with E-state index in [4.69, 9.17) is 10.2 Å². The highest BCUT2D eigenvalue weighted by molar-refractivity contribution is 5.92. The number of amides is 1. The molecule has 0 saturated carbocycles. The van der Waals surface area contributed by atoms with Crippen molar-refractivity contribution in [1.82, 2.24) is 15.3 Å². The van der Waals surface area contributed by atoms with Crippen LogP contribution in [0.1, 0.15) is 10.5 Å². The summed E-state index contributed by atoms with van der Waals surface area (Å²) in [5.41, 5.74) is -0.573. The Labute approximate surface area is 82.9 Å². The summed E-state index contributed by atoms with van der Waals surface area (Å²) in [4.78, 5) is 36.4. The smallest absolute Gasteiger partial charge is 0.334 e. The number of rotatable bonds is 4. The normalized spacial score (nSPS) is 12.1. The minimum absolute atomic E-state index is 0.0300. The van der Waals surface area contributed by atoms with Crippen LogP contribution in [0.2, 0.25) is 0 Å². The quantitative estimate of drug-likeness (QED) is 0.391. The highest BCUT2D eigenvalue weighted by Crippen LogP contribution is 1.88. The molecule has 0 saturated heterocycles. The predicted octanol–water partition coefficient (Wildman–Crippen LogP) is -2.12. The maximum Gasteiger partial charge on any atom is 0.334 e. The molecule has 1 aromatic rings. The Morgan fingerprint density at radius 1 is 1.53 bits per heavy atom. The van der Waals surface area contributed by atoms with Gasteiger partial charge in [0.2, 0.25) is 0 Å². The average molecular weight is 215 g/mol. The first kappa shape index (κ1) is 11.0. The van der Waals surface area contributed by atoms with E-state index in [2.05, 4.69) is 15.3 Å². The molecular weight excluding hydrogens is 206 g/mol. The summed E-state index contributed by atoms with van der Waals surface area (Å²) >= 11 is 0. The van der Waals surface area contributed by atoms with Crippen molar-refractivity contribution in [3.8, 4) is 0 Å². The van der Waals surface area contributed by atoms with Crippen molar-refractivity contribution in [1.29, 1.82) is 0 Å². The van der Waals surface area contributed by atoms with Gasteiger partial charge < -0.3 is 25.5 Å². The molecule has 0 spiro atoms. The molecule has 1 heterocycles. The summed E-state index contributed by atoms with van der Waals surface area (Å²) in [5, 5.41) is 19.3. The molecule has 0 radical (unpaired) electrons. The van der Waals surface area contributed by atoms with Gasteiger partial charge in [0.15, 0.2) is 6.10 Å². The van der Waals surface area contributed by atoms with Crippen molar-refractivity contribution >= 4 is 11.9 Å². The molecule has 1 unspecified atom stereocenters. The van der Waals surface area contributed by atoms with E-state index in [-0.39, 0.29) is 5.69 Å². The van der Waals surface area contributed by atoms with Gasteiger partial charge >= 0.3 is 11.7 Å². The lowest BCUT2D eigenvalue weighted by Crippen LogP contribution is -2.36. The van der Waals surface area contributed by atoms with Crippen molar-refractivity contribution in [3.63, 3.8) is 0 Å². The summed E-state index contributed by atoms with van der Waals surface area (Å²) in [6, 6.07) is 0. The van der Waals surface area contributed by atoms with Crippen LogP contribution in [0, 0.1) is 0 Å². The van der Waals surface area contributed by atoms with E-state index < -0.39 is 30.2 Å². The van der Waals surface area contributed by atoms with Crippen molar-refractivity contribution in [2.24, 2.45) is 0 Å². The van der Waals surface area contributed by atoms with Crippen LogP contribution in [0.5, 0.6) is 0 Å². The average Bonchev–Trinajstić information content (AvgIpc) is 2.60. The number of carboxylic acid groups (broad SMARTS) is 1. The predicted molar refractivity (Wildman–Crippen MR) is 47.4 cm³/mol. The van der Waals surface area contributed by atoms with Crippen molar-refractivity contribution in [2.75, 3.05) is 6.54 Å². The van der Waals surface area contributed by atoms with Gasteiger partial charge in [0.25, 0.3) is 5.91 Å². The summed E-state index contributed by atoms with van der Waals surface area (Å²) in [6.45, 7) is -0.429. The molecule has 8 nitrogen and oxygen atoms in total. The van der Waals surface area contributed by atoms with Crippen molar-refractivity contribution in [2.45, 2.75) is 6.10 Å². The Kier molecular flexibility index (Phi) is 3.24. The minimum Gasteiger partial charge on any atom is -0.479 e. The SMILES string of the molecule is O=C(NCC(O)C(=O)O)c1c[nH]c(=O)[nH]1. The molecule has 0 aliphatic heterocycles. The van der Waals surface area contributed by atoms with Gasteiger partial charge in [-0.05, 0) is 0 Å². The number of hydrogen-bond donors (Lipinski definition) is 5. The Morgan fingerprint density at radius 3 is 2.67 bits per heavy atom. The Balaban J connectivity index is 2.50. The third-order valence-corrected chi connectivity index (χ3v) is 1.58. The van der Waals surface area contributed by atoms with Gasteiger partial charge in [-0.15, -0.1) is 0 Å². The highest BCUT2D eigenvalue weighted by atomic mass is 16.4. The fourth-order valence-electron chi connectivity index (χ4n) is 0.826. The number of carbonyl (C=O) groups excluding carboxylic acids is 1. The molecule has 0 aliphatic carbocycles. The number of carbonyl (C=O) groups is 2. The number of imidazole rings is 1. The molecule has 0 aliphatic rings. The molecule has 8 heteroatoms. The Hall–Kier alpha value is -2.09. The van der Waals surface area contributed by atoms with Crippen LogP contribution < -0.4 is 11.0 Å². The van der Waals surface area contributed by atoms with Crippen LogP contribution in [0.4, 0.5) is 0 Å². The summed E-state index contributed by atoms with van der Waals surface area (Å²) in [7, 11) is 0. The lowest BCUT2D eigenvalue weighted by Gasteiger charge is -2.05. The van der Waals surface area contributed by atoms with Crippen LogP contribution in [-0.2, 0) is 4.79 Å². The van der Waals surface area contributed by atoms with Crippen molar-refractivity contribution < 1.29 is 19.8 Å². The fraction of sp³-hybridized carbons (Fsp3) is 0.286. The minimum atomic E-state index is -1.67. The highest BCUT2D eigenvalue weighted by Gasteiger charge is 2.15. The largest absolute Gasteiger partial charge is 0.479 e. The monoisotopic (exact) mass is 215 g/mol. The first-order valence-electron chi connectivity index (χ1n) is 3.97. The molecule has 1 aromatic heterocycles. The number of carboxylic acids is 1. The first-order valence-corrected chi connectivity index (χ1v) is 3.97. The van der Waals surface area contributed by atoms with E-state index in [0.29, 0.717) is 0 Å². The number of H-pyrrole nitrogens is 2. The zero-order valence-electron chi connectivity index (χ0n) is 7.48. The Morgan fingerprint density at radius 2 is 2.20 bits per heavy atom. The number of hydrogen-bond acceptors (Lipinski definition) is 4. The third kappa shape index (κ3) is 2.95. The molecule has 1 atom stereocenters. The van der Waals surface area contributed by atoms with Gasteiger partial charge in [-0.1, -0.05) is 0 Å². The molecule has 0 aromatic carbocycles. The van der Waals surface area contributed by atoms with Gasteiger partial charge in [0, 0.05) is 6.20 Å². The van der Waals surface area contributed by atoms with Crippen LogP contribution in [0.15, 0.2) is 11.0 Å². The lowest BCUT2D eigenvalue weighted by molar-refractivity contribution is -0.146. The molecule has 1 amide bonds. The Bertz CT molecular complexity index is 420. The van der Waals surface area contributed by atoms with E-state index >= 15 is 0 Å². The second kappa shape index (κ2) is 4.42. The number of aliphatic hydroxyl groups excluding tert-OH is 1. The second-order valence-corrected chi connectivity index (χ2v) is 2.72. The summed E-state index contributed by atoms with van der Waals surface area (Å²) in [5.74, 6) is -2.11. The van der Waals surface area contributed by atoms with E-state index in [1.54, 1.807) is 0 Å². The van der Waals surface area contributed by atoms with Crippen LogP contribution in [0.25, 0.3) is 0 Å². The maximum atomic E-state index is 11.2. The summed E-state index contributed by atoms with van der Waals surface area (Å²) in [6.07, 6.45) is -0.523. The van der Waals surface area contributed by atoms with Gasteiger partial charge in [0.05, 0.1) is 6.54 Å². The van der Waals surface area contributed by atoms with Gasteiger partial charge in [-0.25, -0.2) is 9.59 Å². The van der Waals surface area contributed by atoms with Gasteiger partial charge in [-0.2, -0.15) is 0 Å².